The summed E-state index contributed by atoms with van der Waals surface area (Å²) in [5, 5.41) is 20.2. The summed E-state index contributed by atoms with van der Waals surface area (Å²) in [6.07, 6.45) is -1.29. The van der Waals surface area contributed by atoms with E-state index in [0.717, 1.165) is 0 Å². The molecule has 100 valence electrons. The second kappa shape index (κ2) is 6.14. The minimum atomic E-state index is -1.29. The largest absolute Gasteiger partial charge is 0.392 e. The van der Waals surface area contributed by atoms with E-state index in [1.54, 1.807) is 0 Å². The molecule has 0 saturated carbocycles. The van der Waals surface area contributed by atoms with Crippen molar-refractivity contribution in [2.75, 3.05) is 26.0 Å². The minimum Gasteiger partial charge on any atom is -0.392 e. The molecule has 0 unspecified atom stereocenters. The number of rotatable bonds is 4. The van der Waals surface area contributed by atoms with Crippen molar-refractivity contribution in [3.8, 4) is 0 Å². The van der Waals surface area contributed by atoms with Gasteiger partial charge in [0.15, 0.2) is 0 Å². The number of hydrogen-bond acceptors (Lipinski definition) is 6. The van der Waals surface area contributed by atoms with Gasteiger partial charge in [-0.2, -0.15) is 4.98 Å². The first kappa shape index (κ1) is 14.9. The van der Waals surface area contributed by atoms with Crippen LogP contribution in [0.15, 0.2) is 0 Å². The zero-order chi connectivity index (χ0) is 13.9. The second-order valence-electron chi connectivity index (χ2n) is 3.55. The number of nitrogens with one attached hydrogen (secondary N) is 1. The molecule has 0 fully saturated rings. The van der Waals surface area contributed by atoms with E-state index >= 15 is 0 Å². The van der Waals surface area contributed by atoms with Gasteiger partial charge in [0.2, 0.25) is 5.28 Å². The van der Waals surface area contributed by atoms with Gasteiger partial charge in [-0.05, 0) is 11.6 Å². The quantitative estimate of drug-likeness (QED) is 0.417. The molecule has 0 bridgehead atoms. The molecule has 1 rings (SSSR count). The highest BCUT2D eigenvalue weighted by Gasteiger charge is 2.22. The summed E-state index contributed by atoms with van der Waals surface area (Å²) in [7, 11) is 3.05. The van der Waals surface area contributed by atoms with Crippen LogP contribution in [0.2, 0.25) is 10.4 Å². The van der Waals surface area contributed by atoms with Gasteiger partial charge < -0.3 is 20.4 Å². The van der Waals surface area contributed by atoms with Crippen molar-refractivity contribution < 1.29 is 15.0 Å². The molecule has 1 heterocycles. The lowest BCUT2D eigenvalue weighted by molar-refractivity contribution is 0.0826. The Kier molecular flexibility index (Phi) is 5.09. The summed E-state index contributed by atoms with van der Waals surface area (Å²) in [4.78, 5) is 20.6. The van der Waals surface area contributed by atoms with Crippen molar-refractivity contribution in [3.63, 3.8) is 0 Å². The number of hydrogen-bond donors (Lipinski definition) is 3. The number of nitrogens with zero attached hydrogens (tertiary/aromatic N) is 3. The average molecular weight is 295 g/mol. The van der Waals surface area contributed by atoms with Crippen LogP contribution < -0.4 is 5.32 Å². The molecule has 1 amide bonds. The molecule has 1 atom stereocenters. The van der Waals surface area contributed by atoms with Crippen molar-refractivity contribution in [1.82, 2.24) is 14.9 Å². The fourth-order valence-electron chi connectivity index (χ4n) is 1.13. The van der Waals surface area contributed by atoms with Gasteiger partial charge in [0.05, 0.1) is 6.61 Å². The van der Waals surface area contributed by atoms with Crippen LogP contribution in [0, 0.1) is 0 Å². The number of aliphatic hydroxyl groups excluding tert-OH is 2. The Morgan fingerprint density at radius 3 is 2.56 bits per heavy atom. The molecule has 0 aliphatic rings. The van der Waals surface area contributed by atoms with Gasteiger partial charge in [-0.1, -0.05) is 11.6 Å². The number of anilines is 1. The summed E-state index contributed by atoms with van der Waals surface area (Å²) < 4.78 is 0. The second-order valence-corrected chi connectivity index (χ2v) is 4.25. The fraction of sp³-hybridized carbons (Fsp3) is 0.444. The van der Waals surface area contributed by atoms with Crippen molar-refractivity contribution in [2.45, 2.75) is 6.23 Å². The van der Waals surface area contributed by atoms with Crippen molar-refractivity contribution in [3.05, 3.63) is 16.0 Å². The Morgan fingerprint density at radius 2 is 2.06 bits per heavy atom. The maximum Gasteiger partial charge on any atom is 0.260 e. The molecule has 0 aliphatic heterocycles. The monoisotopic (exact) mass is 294 g/mol. The van der Waals surface area contributed by atoms with Crippen LogP contribution in [-0.4, -0.2) is 57.9 Å². The maximum absolute atomic E-state index is 11.9. The first-order valence-electron chi connectivity index (χ1n) is 4.87. The van der Waals surface area contributed by atoms with E-state index in [1.807, 2.05) is 0 Å². The van der Waals surface area contributed by atoms with E-state index < -0.39 is 18.7 Å². The first-order chi connectivity index (χ1) is 8.36. The van der Waals surface area contributed by atoms with Crippen LogP contribution in [0.3, 0.4) is 0 Å². The lowest BCUT2D eigenvalue weighted by Crippen LogP contribution is -2.28. The molecule has 0 spiro atoms. The lowest BCUT2D eigenvalue weighted by Gasteiger charge is -2.17. The number of carbonyl (C=O) groups is 1. The van der Waals surface area contributed by atoms with Crippen LogP contribution in [0.4, 0.5) is 5.82 Å². The molecule has 0 aliphatic carbocycles. The standard InChI is InChI=1S/C9H12Cl2N4O3/c1-15(2)8(18)5-6(10)13-9(11)14-7(5)12-4(17)3-16/h4,16-17H,3H2,1-2H3,(H,12,13,14)/t4-/m1/s1. The van der Waals surface area contributed by atoms with E-state index in [9.17, 15) is 9.90 Å². The molecular formula is C9H12Cl2N4O3. The average Bonchev–Trinajstić information content (AvgIpc) is 2.27. The SMILES string of the molecule is CN(C)C(=O)c1c(Cl)nc(Cl)nc1N[C@H](O)CO. The van der Waals surface area contributed by atoms with E-state index in [4.69, 9.17) is 28.3 Å². The van der Waals surface area contributed by atoms with Gasteiger partial charge in [-0.15, -0.1) is 0 Å². The molecule has 7 nitrogen and oxygen atoms in total. The Balaban J connectivity index is 3.25. The third-order valence-corrected chi connectivity index (χ3v) is 2.38. The number of carbonyl (C=O) groups excluding carboxylic acids is 1. The lowest BCUT2D eigenvalue weighted by atomic mass is 10.2. The molecule has 9 heteroatoms. The van der Waals surface area contributed by atoms with E-state index in [1.165, 1.54) is 19.0 Å². The van der Waals surface area contributed by atoms with Crippen molar-refractivity contribution in [2.24, 2.45) is 0 Å². The van der Waals surface area contributed by atoms with Crippen LogP contribution >= 0.6 is 23.2 Å². The summed E-state index contributed by atoms with van der Waals surface area (Å²) in [5.74, 6) is -0.496. The van der Waals surface area contributed by atoms with Gasteiger partial charge in [0.25, 0.3) is 5.91 Å². The Hall–Kier alpha value is -1.15. The molecule has 1 aromatic heterocycles. The van der Waals surface area contributed by atoms with Gasteiger partial charge >= 0.3 is 0 Å². The highest BCUT2D eigenvalue weighted by Crippen LogP contribution is 2.24. The topological polar surface area (TPSA) is 98.6 Å². The van der Waals surface area contributed by atoms with E-state index in [-0.39, 0.29) is 21.8 Å². The maximum atomic E-state index is 11.9. The normalized spacial score (nSPS) is 12.1. The van der Waals surface area contributed by atoms with Gasteiger partial charge in [0, 0.05) is 14.1 Å². The third-order valence-electron chi connectivity index (χ3n) is 1.93. The van der Waals surface area contributed by atoms with Crippen LogP contribution in [0.5, 0.6) is 0 Å². The zero-order valence-electron chi connectivity index (χ0n) is 9.68. The molecule has 18 heavy (non-hydrogen) atoms. The minimum absolute atomic E-state index is 0.0291. The predicted molar refractivity (Wildman–Crippen MR) is 66.8 cm³/mol. The highest BCUT2D eigenvalue weighted by atomic mass is 35.5. The molecular weight excluding hydrogens is 283 g/mol. The Labute approximate surface area is 113 Å². The smallest absolute Gasteiger partial charge is 0.260 e. The summed E-state index contributed by atoms with van der Waals surface area (Å²) >= 11 is 11.5. The van der Waals surface area contributed by atoms with Gasteiger partial charge in [0.1, 0.15) is 22.8 Å². The summed E-state index contributed by atoms with van der Waals surface area (Å²) in [5.41, 5.74) is -0.0291. The fourth-order valence-corrected chi connectivity index (χ4v) is 1.59. The van der Waals surface area contributed by atoms with Crippen LogP contribution in [0.1, 0.15) is 10.4 Å². The number of halogens is 2. The summed E-state index contributed by atoms with van der Waals surface area (Å²) in [6.45, 7) is -0.561. The Morgan fingerprint density at radius 1 is 1.44 bits per heavy atom. The number of aliphatic hydroxyl groups is 2. The van der Waals surface area contributed by atoms with E-state index in [2.05, 4.69) is 15.3 Å². The molecule has 3 N–H and O–H groups in total. The number of amides is 1. The molecule has 0 saturated heterocycles. The zero-order valence-corrected chi connectivity index (χ0v) is 11.2. The van der Waals surface area contributed by atoms with Crippen LogP contribution in [-0.2, 0) is 0 Å². The molecule has 0 aromatic carbocycles. The third kappa shape index (κ3) is 3.42. The van der Waals surface area contributed by atoms with Gasteiger partial charge in [-0.3, -0.25) is 4.79 Å². The number of aromatic nitrogens is 2. The first-order valence-corrected chi connectivity index (χ1v) is 5.62. The Bertz CT molecular complexity index is 456. The highest BCUT2D eigenvalue weighted by molar-refractivity contribution is 6.35. The summed E-state index contributed by atoms with van der Waals surface area (Å²) in [6, 6.07) is 0. The molecule has 1 aromatic rings. The van der Waals surface area contributed by atoms with Crippen molar-refractivity contribution >= 4 is 34.9 Å². The van der Waals surface area contributed by atoms with Crippen molar-refractivity contribution in [1.29, 1.82) is 0 Å². The van der Waals surface area contributed by atoms with Crippen LogP contribution in [0.25, 0.3) is 0 Å². The van der Waals surface area contributed by atoms with Gasteiger partial charge in [-0.25, -0.2) is 4.98 Å². The predicted octanol–water partition coefficient (Wildman–Crippen LogP) is 0.208. The van der Waals surface area contributed by atoms with E-state index in [0.29, 0.717) is 0 Å². The molecule has 0 radical (unpaired) electrons.